The minimum absolute atomic E-state index is 0.300. The Kier molecular flexibility index (Phi) is 3.65. The number of aromatic nitrogens is 2. The summed E-state index contributed by atoms with van der Waals surface area (Å²) < 4.78 is 10.2. The molecule has 5 nitrogen and oxygen atoms in total. The van der Waals surface area contributed by atoms with Crippen molar-refractivity contribution in [2.75, 3.05) is 13.7 Å². The zero-order valence-electron chi connectivity index (χ0n) is 10.2. The van der Waals surface area contributed by atoms with E-state index in [4.69, 9.17) is 26.6 Å². The quantitative estimate of drug-likeness (QED) is 0.919. The Hall–Kier alpha value is -1.43. The highest BCUT2D eigenvalue weighted by Gasteiger charge is 2.28. The van der Waals surface area contributed by atoms with Gasteiger partial charge in [-0.2, -0.15) is 4.98 Å². The molecule has 1 aromatic carbocycles. The van der Waals surface area contributed by atoms with E-state index in [1.807, 2.05) is 18.2 Å². The van der Waals surface area contributed by atoms with Crippen LogP contribution in [-0.4, -0.2) is 23.9 Å². The fourth-order valence-electron chi connectivity index (χ4n) is 1.56. The van der Waals surface area contributed by atoms with Gasteiger partial charge < -0.3 is 15.0 Å². The van der Waals surface area contributed by atoms with Gasteiger partial charge in [0, 0.05) is 7.11 Å². The first-order valence-electron chi connectivity index (χ1n) is 5.41. The van der Waals surface area contributed by atoms with E-state index in [1.54, 1.807) is 20.1 Å². The fourth-order valence-corrected chi connectivity index (χ4v) is 1.78. The number of hydrogen-bond donors (Lipinski definition) is 1. The Balaban J connectivity index is 2.34. The number of methoxy groups -OCH3 is 1. The summed E-state index contributed by atoms with van der Waals surface area (Å²) >= 11 is 6.06. The van der Waals surface area contributed by atoms with Gasteiger partial charge >= 0.3 is 0 Å². The molecule has 1 aromatic heterocycles. The zero-order valence-corrected chi connectivity index (χ0v) is 10.9. The van der Waals surface area contributed by atoms with Crippen LogP contribution in [0.15, 0.2) is 28.8 Å². The summed E-state index contributed by atoms with van der Waals surface area (Å²) in [6, 6.07) is 7.25. The van der Waals surface area contributed by atoms with Crippen LogP contribution in [0.5, 0.6) is 0 Å². The average molecular weight is 268 g/mol. The maximum atomic E-state index is 6.06. The Morgan fingerprint density at radius 3 is 2.83 bits per heavy atom. The molecule has 2 N–H and O–H groups in total. The maximum absolute atomic E-state index is 6.06. The first-order chi connectivity index (χ1) is 8.54. The molecule has 0 bridgehead atoms. The van der Waals surface area contributed by atoms with E-state index >= 15 is 0 Å². The number of nitrogens with zero attached hydrogens (tertiary/aromatic N) is 2. The van der Waals surface area contributed by atoms with Crippen molar-refractivity contribution in [1.29, 1.82) is 0 Å². The van der Waals surface area contributed by atoms with E-state index in [2.05, 4.69) is 10.1 Å². The van der Waals surface area contributed by atoms with Crippen molar-refractivity contribution in [3.8, 4) is 11.5 Å². The van der Waals surface area contributed by atoms with E-state index < -0.39 is 5.54 Å². The van der Waals surface area contributed by atoms with E-state index in [9.17, 15) is 0 Å². The number of benzene rings is 1. The van der Waals surface area contributed by atoms with Crippen LogP contribution in [0.1, 0.15) is 12.7 Å². The van der Waals surface area contributed by atoms with E-state index in [0.29, 0.717) is 28.9 Å². The number of hydrogen-bond acceptors (Lipinski definition) is 5. The van der Waals surface area contributed by atoms with Gasteiger partial charge in [0.1, 0.15) is 5.54 Å². The summed E-state index contributed by atoms with van der Waals surface area (Å²) in [6.07, 6.45) is 0. The normalized spacial score (nSPS) is 14.4. The third-order valence-electron chi connectivity index (χ3n) is 2.49. The van der Waals surface area contributed by atoms with Crippen LogP contribution in [0, 0.1) is 0 Å². The molecule has 0 spiro atoms. The smallest absolute Gasteiger partial charge is 0.259 e. The number of halogens is 1. The number of nitrogens with two attached hydrogens (primary N) is 1. The van der Waals surface area contributed by atoms with Crippen molar-refractivity contribution in [3.63, 3.8) is 0 Å². The van der Waals surface area contributed by atoms with Gasteiger partial charge in [-0.15, -0.1) is 0 Å². The van der Waals surface area contributed by atoms with Gasteiger partial charge in [0.25, 0.3) is 5.89 Å². The molecule has 1 heterocycles. The average Bonchev–Trinajstić information content (AvgIpc) is 2.79. The molecule has 2 rings (SSSR count). The lowest BCUT2D eigenvalue weighted by Gasteiger charge is -2.18. The van der Waals surface area contributed by atoms with Crippen molar-refractivity contribution in [3.05, 3.63) is 35.1 Å². The van der Waals surface area contributed by atoms with Crippen molar-refractivity contribution in [2.45, 2.75) is 12.5 Å². The predicted octanol–water partition coefficient (Wildman–Crippen LogP) is 2.21. The highest BCUT2D eigenvalue weighted by molar-refractivity contribution is 6.33. The molecule has 0 aliphatic heterocycles. The zero-order chi connectivity index (χ0) is 13.2. The second kappa shape index (κ2) is 5.06. The SMILES string of the molecule is COCC(C)(N)c1noc(-c2ccccc2Cl)n1. The Morgan fingerprint density at radius 1 is 1.44 bits per heavy atom. The summed E-state index contributed by atoms with van der Waals surface area (Å²) in [6.45, 7) is 2.08. The van der Waals surface area contributed by atoms with Crippen molar-refractivity contribution in [2.24, 2.45) is 5.73 Å². The molecule has 0 saturated heterocycles. The molecule has 0 aliphatic carbocycles. The first-order valence-corrected chi connectivity index (χ1v) is 5.79. The van der Waals surface area contributed by atoms with Crippen LogP contribution >= 0.6 is 11.6 Å². The Labute approximate surface area is 110 Å². The van der Waals surface area contributed by atoms with Crippen LogP contribution in [0.3, 0.4) is 0 Å². The molecule has 0 radical (unpaired) electrons. The molecular formula is C12H14ClN3O2. The van der Waals surface area contributed by atoms with Gasteiger partial charge in [-0.05, 0) is 19.1 Å². The molecule has 2 aromatic rings. The van der Waals surface area contributed by atoms with Gasteiger partial charge in [-0.3, -0.25) is 0 Å². The standard InChI is InChI=1S/C12H14ClN3O2/c1-12(14,7-17-2)11-15-10(18-16-11)8-5-3-4-6-9(8)13/h3-6H,7,14H2,1-2H3. The number of rotatable bonds is 4. The van der Waals surface area contributed by atoms with Gasteiger partial charge in [-0.25, -0.2) is 0 Å². The molecule has 6 heteroatoms. The molecular weight excluding hydrogens is 254 g/mol. The summed E-state index contributed by atoms with van der Waals surface area (Å²) in [7, 11) is 1.57. The Bertz CT molecular complexity index is 540. The van der Waals surface area contributed by atoms with Gasteiger partial charge in [-0.1, -0.05) is 28.9 Å². The van der Waals surface area contributed by atoms with Crippen LogP contribution in [0.2, 0.25) is 5.02 Å². The second-order valence-electron chi connectivity index (χ2n) is 4.25. The van der Waals surface area contributed by atoms with E-state index in [0.717, 1.165) is 0 Å². The van der Waals surface area contributed by atoms with Crippen molar-refractivity contribution in [1.82, 2.24) is 10.1 Å². The summed E-state index contributed by atoms with van der Waals surface area (Å²) in [5, 5.41) is 4.43. The lowest BCUT2D eigenvalue weighted by atomic mass is 10.1. The summed E-state index contributed by atoms with van der Waals surface area (Å²) in [4.78, 5) is 4.26. The molecule has 96 valence electrons. The van der Waals surface area contributed by atoms with Crippen molar-refractivity contribution >= 4 is 11.6 Å². The minimum atomic E-state index is -0.794. The van der Waals surface area contributed by atoms with Crippen LogP contribution in [0.25, 0.3) is 11.5 Å². The van der Waals surface area contributed by atoms with Crippen LogP contribution < -0.4 is 5.73 Å². The molecule has 0 amide bonds. The molecule has 1 atom stereocenters. The van der Waals surface area contributed by atoms with Gasteiger partial charge in [0.2, 0.25) is 0 Å². The van der Waals surface area contributed by atoms with E-state index in [1.165, 1.54) is 0 Å². The van der Waals surface area contributed by atoms with Gasteiger partial charge in [0.05, 0.1) is 17.2 Å². The second-order valence-corrected chi connectivity index (χ2v) is 4.66. The fraction of sp³-hybridized carbons (Fsp3) is 0.333. The lowest BCUT2D eigenvalue weighted by molar-refractivity contribution is 0.135. The third-order valence-corrected chi connectivity index (χ3v) is 2.81. The maximum Gasteiger partial charge on any atom is 0.259 e. The molecule has 0 fully saturated rings. The highest BCUT2D eigenvalue weighted by Crippen LogP contribution is 2.27. The van der Waals surface area contributed by atoms with Gasteiger partial charge in [0.15, 0.2) is 5.82 Å². The largest absolute Gasteiger partial charge is 0.382 e. The molecule has 1 unspecified atom stereocenters. The summed E-state index contributed by atoms with van der Waals surface area (Å²) in [5.41, 5.74) is 5.93. The predicted molar refractivity (Wildman–Crippen MR) is 68.2 cm³/mol. The minimum Gasteiger partial charge on any atom is -0.382 e. The first kappa shape index (κ1) is 13.0. The topological polar surface area (TPSA) is 74.2 Å². The lowest BCUT2D eigenvalue weighted by Crippen LogP contribution is -2.38. The Morgan fingerprint density at radius 2 is 2.17 bits per heavy atom. The monoisotopic (exact) mass is 267 g/mol. The molecule has 0 saturated carbocycles. The van der Waals surface area contributed by atoms with Crippen LogP contribution in [0.4, 0.5) is 0 Å². The highest BCUT2D eigenvalue weighted by atomic mass is 35.5. The summed E-state index contributed by atoms with van der Waals surface area (Å²) in [5.74, 6) is 0.739. The molecule has 18 heavy (non-hydrogen) atoms. The van der Waals surface area contributed by atoms with Crippen molar-refractivity contribution < 1.29 is 9.26 Å². The number of ether oxygens (including phenoxy) is 1. The molecule has 0 aliphatic rings. The third kappa shape index (κ3) is 2.53. The van der Waals surface area contributed by atoms with Crippen LogP contribution in [-0.2, 0) is 10.3 Å². The van der Waals surface area contributed by atoms with E-state index in [-0.39, 0.29) is 0 Å².